The van der Waals surface area contributed by atoms with Gasteiger partial charge in [0.05, 0.1) is 11.8 Å². The highest BCUT2D eigenvalue weighted by Gasteiger charge is 2.18. The molecule has 1 rings (SSSR count). The van der Waals surface area contributed by atoms with E-state index in [1.165, 1.54) is 0 Å². The first-order valence-corrected chi connectivity index (χ1v) is 6.89. The molecule has 1 saturated heterocycles. The summed E-state index contributed by atoms with van der Waals surface area (Å²) in [5.41, 5.74) is 0. The van der Waals surface area contributed by atoms with Gasteiger partial charge in [0.1, 0.15) is 0 Å². The van der Waals surface area contributed by atoms with Crippen molar-refractivity contribution < 1.29 is 19.8 Å². The molecule has 0 amide bonds. The van der Waals surface area contributed by atoms with Gasteiger partial charge in [-0.15, -0.1) is 49.6 Å². The zero-order valence-corrected chi connectivity index (χ0v) is 16.4. The van der Waals surface area contributed by atoms with Gasteiger partial charge in [-0.05, 0) is 0 Å². The van der Waals surface area contributed by atoms with Crippen LogP contribution in [0.15, 0.2) is 0 Å². The van der Waals surface area contributed by atoms with Crippen LogP contribution < -0.4 is 21.3 Å². The largest absolute Gasteiger partial charge is 0.481 e. The molecule has 1 aliphatic heterocycles. The van der Waals surface area contributed by atoms with Crippen LogP contribution in [0.3, 0.4) is 0 Å². The average molecular weight is 434 g/mol. The molecule has 6 N–H and O–H groups in total. The number of nitrogens with one attached hydrogen (secondary N) is 4. The van der Waals surface area contributed by atoms with E-state index < -0.39 is 23.8 Å². The lowest BCUT2D eigenvalue weighted by atomic mass is 10.1. The molecule has 0 spiro atoms. The molecule has 0 aromatic carbocycles. The van der Waals surface area contributed by atoms with Gasteiger partial charge in [0.25, 0.3) is 0 Å². The van der Waals surface area contributed by atoms with E-state index in [1.54, 1.807) is 0 Å². The molecule has 0 radical (unpaired) electrons. The number of halogens is 4. The Morgan fingerprint density at radius 3 is 0.958 bits per heavy atom. The fourth-order valence-electron chi connectivity index (χ4n) is 1.95. The second kappa shape index (κ2) is 19.3. The highest BCUT2D eigenvalue weighted by molar-refractivity contribution is 5.86. The Bertz CT molecular complexity index is 283. The molecule has 1 heterocycles. The monoisotopic (exact) mass is 432 g/mol. The lowest BCUT2D eigenvalue weighted by Crippen LogP contribution is -2.43. The summed E-state index contributed by atoms with van der Waals surface area (Å²) in [7, 11) is 0. The standard InChI is InChI=1S/C12H24N4O4.4ClH/c17-11(18)9-5-13-1-2-14-6-10(12(19)20)8-16-4-3-15-7-9;;;;/h9-10,13-16H,1-8H2,(H,17,18)(H,19,20);4*1H. The van der Waals surface area contributed by atoms with Crippen LogP contribution in [0.1, 0.15) is 0 Å². The van der Waals surface area contributed by atoms with Crippen molar-refractivity contribution in [3.8, 4) is 0 Å². The lowest BCUT2D eigenvalue weighted by Gasteiger charge is -2.18. The minimum absolute atomic E-state index is 0. The highest BCUT2D eigenvalue weighted by Crippen LogP contribution is 1.95. The molecule has 0 bridgehead atoms. The van der Waals surface area contributed by atoms with Crippen molar-refractivity contribution in [2.45, 2.75) is 0 Å². The normalized spacial score (nSPS) is 22.8. The van der Waals surface area contributed by atoms with Crippen molar-refractivity contribution in [1.29, 1.82) is 0 Å². The van der Waals surface area contributed by atoms with Crippen molar-refractivity contribution in [3.63, 3.8) is 0 Å². The first-order chi connectivity index (χ1) is 9.61. The zero-order valence-electron chi connectivity index (χ0n) is 13.2. The summed E-state index contributed by atoms with van der Waals surface area (Å²) in [6, 6.07) is 0. The third-order valence-corrected chi connectivity index (χ3v) is 3.22. The third-order valence-electron chi connectivity index (χ3n) is 3.22. The van der Waals surface area contributed by atoms with Crippen LogP contribution in [0, 0.1) is 11.8 Å². The molecule has 12 heteroatoms. The van der Waals surface area contributed by atoms with Gasteiger partial charge in [0.2, 0.25) is 0 Å². The molecular weight excluding hydrogens is 406 g/mol. The number of rotatable bonds is 2. The van der Waals surface area contributed by atoms with Crippen LogP contribution in [0.25, 0.3) is 0 Å². The predicted octanol–water partition coefficient (Wildman–Crippen LogP) is -0.553. The summed E-state index contributed by atoms with van der Waals surface area (Å²) >= 11 is 0. The van der Waals surface area contributed by atoms with Gasteiger partial charge in [0.15, 0.2) is 0 Å². The maximum atomic E-state index is 11.0. The Hall–Kier alpha value is -0.0600. The smallest absolute Gasteiger partial charge is 0.309 e. The molecule has 0 aromatic heterocycles. The summed E-state index contributed by atoms with van der Waals surface area (Å²) in [6.07, 6.45) is 0. The van der Waals surface area contributed by atoms with Crippen LogP contribution in [0.4, 0.5) is 0 Å². The van der Waals surface area contributed by atoms with E-state index in [0.717, 1.165) is 0 Å². The highest BCUT2D eigenvalue weighted by atomic mass is 35.5. The SMILES string of the molecule is Cl.Cl.Cl.Cl.O=C(O)C1CNCCNCC(C(=O)O)CNCCNC1. The van der Waals surface area contributed by atoms with Gasteiger partial charge in [-0.25, -0.2) is 0 Å². The van der Waals surface area contributed by atoms with Crippen LogP contribution in [0.2, 0.25) is 0 Å². The summed E-state index contributed by atoms with van der Waals surface area (Å²) < 4.78 is 0. The van der Waals surface area contributed by atoms with Crippen LogP contribution in [0.5, 0.6) is 0 Å². The molecule has 24 heavy (non-hydrogen) atoms. The summed E-state index contributed by atoms with van der Waals surface area (Å²) in [5, 5.41) is 30.4. The number of hydrogen-bond acceptors (Lipinski definition) is 6. The molecule has 0 atom stereocenters. The maximum absolute atomic E-state index is 11.0. The van der Waals surface area contributed by atoms with Gasteiger partial charge < -0.3 is 31.5 Å². The van der Waals surface area contributed by atoms with Crippen LogP contribution in [-0.4, -0.2) is 74.5 Å². The number of carbonyl (C=O) groups is 2. The van der Waals surface area contributed by atoms with E-state index in [1.807, 2.05) is 0 Å². The van der Waals surface area contributed by atoms with Crippen molar-refractivity contribution in [1.82, 2.24) is 21.3 Å². The number of carboxylic acids is 2. The van der Waals surface area contributed by atoms with Gasteiger partial charge in [-0.3, -0.25) is 9.59 Å². The molecule has 148 valence electrons. The van der Waals surface area contributed by atoms with E-state index in [-0.39, 0.29) is 49.6 Å². The average Bonchev–Trinajstić information content (AvgIpc) is 2.40. The van der Waals surface area contributed by atoms with E-state index in [2.05, 4.69) is 21.3 Å². The molecule has 0 saturated carbocycles. The minimum atomic E-state index is -0.816. The predicted molar refractivity (Wildman–Crippen MR) is 103 cm³/mol. The third kappa shape index (κ3) is 14.3. The Morgan fingerprint density at radius 2 is 0.792 bits per heavy atom. The first kappa shape index (κ1) is 31.7. The molecule has 8 nitrogen and oxygen atoms in total. The Kier molecular flexibility index (Phi) is 25.4. The molecule has 1 aliphatic rings. The molecule has 0 aromatic rings. The van der Waals surface area contributed by atoms with Gasteiger partial charge in [-0.1, -0.05) is 0 Å². The molecule has 0 unspecified atom stereocenters. The number of carboxylic acid groups (broad SMARTS) is 2. The van der Waals surface area contributed by atoms with Gasteiger partial charge in [0, 0.05) is 52.4 Å². The number of aliphatic carboxylic acids is 2. The van der Waals surface area contributed by atoms with Crippen LogP contribution >= 0.6 is 49.6 Å². The Balaban J connectivity index is -0.000000500. The lowest BCUT2D eigenvalue weighted by molar-refractivity contribution is -0.142. The van der Waals surface area contributed by atoms with E-state index in [4.69, 9.17) is 10.2 Å². The second-order valence-corrected chi connectivity index (χ2v) is 4.89. The van der Waals surface area contributed by atoms with E-state index in [9.17, 15) is 9.59 Å². The summed E-state index contributed by atoms with van der Waals surface area (Å²) in [6.45, 7) is 4.07. The summed E-state index contributed by atoms with van der Waals surface area (Å²) in [4.78, 5) is 22.1. The summed E-state index contributed by atoms with van der Waals surface area (Å²) in [5.74, 6) is -2.54. The first-order valence-electron chi connectivity index (χ1n) is 6.89. The second-order valence-electron chi connectivity index (χ2n) is 4.89. The van der Waals surface area contributed by atoms with Crippen molar-refractivity contribution in [3.05, 3.63) is 0 Å². The molecular formula is C12H28Cl4N4O4. The van der Waals surface area contributed by atoms with E-state index in [0.29, 0.717) is 52.4 Å². The van der Waals surface area contributed by atoms with Crippen molar-refractivity contribution in [2.75, 3.05) is 52.4 Å². The van der Waals surface area contributed by atoms with Crippen LogP contribution in [-0.2, 0) is 9.59 Å². The van der Waals surface area contributed by atoms with Crippen molar-refractivity contribution >= 4 is 61.6 Å². The zero-order chi connectivity index (χ0) is 14.8. The fourth-order valence-corrected chi connectivity index (χ4v) is 1.95. The molecule has 0 aliphatic carbocycles. The Morgan fingerprint density at radius 1 is 0.583 bits per heavy atom. The molecule has 1 fully saturated rings. The van der Waals surface area contributed by atoms with Gasteiger partial charge >= 0.3 is 11.9 Å². The Labute approximate surface area is 166 Å². The van der Waals surface area contributed by atoms with Gasteiger partial charge in [-0.2, -0.15) is 0 Å². The fraction of sp³-hybridized carbons (Fsp3) is 0.833. The maximum Gasteiger partial charge on any atom is 0.309 e. The van der Waals surface area contributed by atoms with E-state index >= 15 is 0 Å². The quantitative estimate of drug-likeness (QED) is 0.343. The van der Waals surface area contributed by atoms with Crippen molar-refractivity contribution in [2.24, 2.45) is 11.8 Å². The number of hydrogen-bond donors (Lipinski definition) is 6. The topological polar surface area (TPSA) is 123 Å². The minimum Gasteiger partial charge on any atom is -0.481 e.